The Morgan fingerprint density at radius 2 is 1.78 bits per heavy atom. The summed E-state index contributed by atoms with van der Waals surface area (Å²) in [5, 5.41) is 7.86. The molecule has 0 fully saturated rings. The van der Waals surface area contributed by atoms with Crippen molar-refractivity contribution in [2.24, 2.45) is 0 Å². The number of nitrogens with one attached hydrogen (secondary N) is 1. The van der Waals surface area contributed by atoms with Gasteiger partial charge in [-0.1, -0.05) is 42.5 Å². The first-order chi connectivity index (χ1) is 18.2. The van der Waals surface area contributed by atoms with Crippen molar-refractivity contribution in [2.75, 3.05) is 12.4 Å². The van der Waals surface area contributed by atoms with Crippen LogP contribution in [0.1, 0.15) is 29.0 Å². The van der Waals surface area contributed by atoms with Gasteiger partial charge in [0.05, 0.1) is 24.1 Å². The fourth-order valence-corrected chi connectivity index (χ4v) is 4.80. The van der Waals surface area contributed by atoms with Gasteiger partial charge in [-0.15, -0.1) is 0 Å². The summed E-state index contributed by atoms with van der Waals surface area (Å²) in [6, 6.07) is 25.2. The van der Waals surface area contributed by atoms with E-state index < -0.39 is 0 Å². The van der Waals surface area contributed by atoms with Gasteiger partial charge in [-0.25, -0.2) is 9.67 Å². The van der Waals surface area contributed by atoms with Crippen LogP contribution in [0.2, 0.25) is 0 Å². The molecule has 3 aromatic carbocycles. The van der Waals surface area contributed by atoms with E-state index in [1.807, 2.05) is 78.9 Å². The third kappa shape index (κ3) is 4.51. The van der Waals surface area contributed by atoms with Crippen LogP contribution >= 0.6 is 0 Å². The lowest BCUT2D eigenvalue weighted by atomic mass is 10.1. The number of carbonyl (C=O) groups excluding carboxylic acids is 1. The Balaban J connectivity index is 1.35. The fourth-order valence-electron chi connectivity index (χ4n) is 4.80. The zero-order valence-electron chi connectivity index (χ0n) is 20.6. The number of imidazole rings is 1. The summed E-state index contributed by atoms with van der Waals surface area (Å²) in [4.78, 5) is 18.5. The van der Waals surface area contributed by atoms with Gasteiger partial charge in [0.2, 0.25) is 0 Å². The lowest BCUT2D eigenvalue weighted by Gasteiger charge is -2.11. The number of benzene rings is 3. The molecule has 6 rings (SSSR count). The van der Waals surface area contributed by atoms with Crippen molar-refractivity contribution in [3.8, 4) is 34.0 Å². The minimum Gasteiger partial charge on any atom is -0.496 e. The van der Waals surface area contributed by atoms with E-state index in [0.717, 1.165) is 41.3 Å². The molecule has 0 aliphatic carbocycles. The quantitative estimate of drug-likeness (QED) is 0.317. The number of amides is 1. The molecule has 184 valence electrons. The zero-order chi connectivity index (χ0) is 25.2. The zero-order valence-corrected chi connectivity index (χ0v) is 20.6. The number of anilines is 1. The molecule has 7 nitrogen and oxygen atoms in total. The van der Waals surface area contributed by atoms with Gasteiger partial charge >= 0.3 is 0 Å². The number of hydrogen-bond acceptors (Lipinski definition) is 4. The lowest BCUT2D eigenvalue weighted by Crippen LogP contribution is -2.12. The van der Waals surface area contributed by atoms with Crippen LogP contribution in [0, 0.1) is 0 Å². The van der Waals surface area contributed by atoms with E-state index in [2.05, 4.69) is 16.1 Å². The Morgan fingerprint density at radius 1 is 0.946 bits per heavy atom. The van der Waals surface area contributed by atoms with Crippen LogP contribution in [0.25, 0.3) is 28.2 Å². The minimum atomic E-state index is -0.246. The predicted molar refractivity (Wildman–Crippen MR) is 144 cm³/mol. The number of nitrogens with zero attached hydrogens (tertiary/aromatic N) is 4. The number of rotatable bonds is 6. The largest absolute Gasteiger partial charge is 0.496 e. The number of hydrogen-bond donors (Lipinski definition) is 1. The topological polar surface area (TPSA) is 74.0 Å². The van der Waals surface area contributed by atoms with E-state index in [-0.39, 0.29) is 5.91 Å². The molecule has 0 atom stereocenters. The molecule has 0 radical (unpaired) electrons. The molecule has 0 saturated carbocycles. The summed E-state index contributed by atoms with van der Waals surface area (Å²) >= 11 is 0. The van der Waals surface area contributed by atoms with Gasteiger partial charge in [0, 0.05) is 42.2 Å². The second kappa shape index (κ2) is 9.78. The van der Waals surface area contributed by atoms with Crippen LogP contribution in [0.5, 0.6) is 5.75 Å². The molecule has 37 heavy (non-hydrogen) atoms. The Kier molecular flexibility index (Phi) is 6.02. The number of methoxy groups -OCH3 is 1. The highest BCUT2D eigenvalue weighted by Crippen LogP contribution is 2.32. The van der Waals surface area contributed by atoms with Crippen LogP contribution in [0.4, 0.5) is 5.69 Å². The first kappa shape index (κ1) is 22.8. The van der Waals surface area contributed by atoms with Crippen LogP contribution in [0.3, 0.4) is 0 Å². The third-order valence-electron chi connectivity index (χ3n) is 6.67. The highest BCUT2D eigenvalue weighted by Gasteiger charge is 2.22. The van der Waals surface area contributed by atoms with Crippen LogP contribution in [-0.2, 0) is 13.0 Å². The van der Waals surface area contributed by atoms with E-state index in [0.29, 0.717) is 22.7 Å². The molecule has 2 aromatic heterocycles. The Hall–Kier alpha value is -4.65. The van der Waals surface area contributed by atoms with E-state index in [1.165, 1.54) is 12.8 Å². The van der Waals surface area contributed by atoms with E-state index >= 15 is 0 Å². The summed E-state index contributed by atoms with van der Waals surface area (Å²) in [5.74, 6) is 1.54. The Morgan fingerprint density at radius 3 is 2.62 bits per heavy atom. The summed E-state index contributed by atoms with van der Waals surface area (Å²) in [7, 11) is 1.62. The minimum absolute atomic E-state index is 0.246. The predicted octanol–water partition coefficient (Wildman–Crippen LogP) is 6.00. The van der Waals surface area contributed by atoms with Gasteiger partial charge < -0.3 is 14.6 Å². The Bertz CT molecular complexity index is 1540. The van der Waals surface area contributed by atoms with Gasteiger partial charge in [-0.3, -0.25) is 4.79 Å². The summed E-state index contributed by atoms with van der Waals surface area (Å²) < 4.78 is 9.54. The molecule has 1 N–H and O–H groups in total. The first-order valence-corrected chi connectivity index (χ1v) is 12.5. The number of aryl methyl sites for hydroxylation is 2. The van der Waals surface area contributed by atoms with E-state index in [9.17, 15) is 4.79 Å². The van der Waals surface area contributed by atoms with Gasteiger partial charge in [-0.2, -0.15) is 5.10 Å². The lowest BCUT2D eigenvalue weighted by molar-refractivity contribution is 0.102. The van der Waals surface area contributed by atoms with Crippen LogP contribution in [0.15, 0.2) is 91.3 Å². The van der Waals surface area contributed by atoms with Crippen LogP contribution in [-0.4, -0.2) is 32.3 Å². The average Bonchev–Trinajstić information content (AvgIpc) is 3.59. The number of ether oxygens (including phenoxy) is 1. The van der Waals surface area contributed by atoms with Crippen molar-refractivity contribution in [1.29, 1.82) is 0 Å². The molecule has 5 aromatic rings. The number of carbonyl (C=O) groups is 1. The first-order valence-electron chi connectivity index (χ1n) is 12.5. The van der Waals surface area contributed by atoms with Crippen LogP contribution < -0.4 is 10.1 Å². The summed E-state index contributed by atoms with van der Waals surface area (Å²) in [6.45, 7) is 1.01. The molecular formula is C30H27N5O2. The molecule has 7 heteroatoms. The average molecular weight is 490 g/mol. The van der Waals surface area contributed by atoms with Crippen molar-refractivity contribution < 1.29 is 9.53 Å². The normalized spacial score (nSPS) is 12.7. The Labute approximate surface area is 215 Å². The second-order valence-electron chi connectivity index (χ2n) is 9.10. The van der Waals surface area contributed by atoms with Gasteiger partial charge in [0.1, 0.15) is 17.3 Å². The molecule has 0 spiro atoms. The van der Waals surface area contributed by atoms with Gasteiger partial charge in [0.15, 0.2) is 0 Å². The summed E-state index contributed by atoms with van der Waals surface area (Å²) in [6.07, 6.45) is 7.24. The van der Waals surface area contributed by atoms with Crippen molar-refractivity contribution in [3.05, 3.63) is 103 Å². The molecule has 0 bridgehead atoms. The molecule has 1 aliphatic rings. The molecule has 1 aliphatic heterocycles. The number of aromatic nitrogens is 4. The van der Waals surface area contributed by atoms with Crippen molar-refractivity contribution in [1.82, 2.24) is 19.3 Å². The van der Waals surface area contributed by atoms with E-state index in [1.54, 1.807) is 18.0 Å². The standard InChI is InChI=1S/C30H27N5O2/c1-37-27-15-6-5-14-24(27)29-25(19-35(33-29)23-12-3-2-4-13-23)30(36)31-22-11-9-10-21(18-22)26-20-34-17-8-7-16-28(34)32-26/h2-6,9-15,18-20H,7-8,16-17H2,1H3,(H,31,36). The maximum Gasteiger partial charge on any atom is 0.259 e. The van der Waals surface area contributed by atoms with Crippen molar-refractivity contribution in [2.45, 2.75) is 25.8 Å². The monoisotopic (exact) mass is 489 g/mol. The number of para-hydroxylation sites is 2. The van der Waals surface area contributed by atoms with Crippen molar-refractivity contribution >= 4 is 11.6 Å². The third-order valence-corrected chi connectivity index (χ3v) is 6.67. The van der Waals surface area contributed by atoms with E-state index in [4.69, 9.17) is 14.8 Å². The smallest absolute Gasteiger partial charge is 0.259 e. The second-order valence-corrected chi connectivity index (χ2v) is 9.10. The molecule has 1 amide bonds. The highest BCUT2D eigenvalue weighted by molar-refractivity contribution is 6.08. The highest BCUT2D eigenvalue weighted by atomic mass is 16.5. The number of fused-ring (bicyclic) bond motifs is 1. The summed E-state index contributed by atoms with van der Waals surface area (Å²) in [5.41, 5.74) is 5.23. The van der Waals surface area contributed by atoms with Crippen molar-refractivity contribution in [3.63, 3.8) is 0 Å². The molecular weight excluding hydrogens is 462 g/mol. The maximum atomic E-state index is 13.6. The fraction of sp³-hybridized carbons (Fsp3) is 0.167. The maximum absolute atomic E-state index is 13.6. The van der Waals surface area contributed by atoms with Gasteiger partial charge in [-0.05, 0) is 49.2 Å². The SMILES string of the molecule is COc1ccccc1-c1nn(-c2ccccc2)cc1C(=O)Nc1cccc(-c2cn3c(n2)CCCC3)c1. The molecule has 3 heterocycles. The van der Waals surface area contributed by atoms with Gasteiger partial charge in [0.25, 0.3) is 5.91 Å². The molecule has 0 unspecified atom stereocenters. The molecule has 0 saturated heterocycles.